The second kappa shape index (κ2) is 7.69. The molecule has 0 radical (unpaired) electrons. The van der Waals surface area contributed by atoms with Crippen LogP contribution < -0.4 is 10.6 Å². The van der Waals surface area contributed by atoms with Crippen molar-refractivity contribution < 1.29 is 14.7 Å². The molecule has 1 amide bonds. The Morgan fingerprint density at radius 3 is 2.23 bits per heavy atom. The number of rotatable bonds is 4. The first kappa shape index (κ1) is 21.2. The Morgan fingerprint density at radius 1 is 0.914 bits per heavy atom. The highest BCUT2D eigenvalue weighted by Gasteiger charge is 2.51. The Morgan fingerprint density at radius 2 is 1.57 bits per heavy atom. The smallest absolute Gasteiger partial charge is 0.321 e. The molecular weight excluding hydrogens is 438 g/mol. The number of aromatic nitrogens is 1. The van der Waals surface area contributed by atoms with Gasteiger partial charge in [-0.1, -0.05) is 30.3 Å². The van der Waals surface area contributed by atoms with Crippen LogP contribution in [0.1, 0.15) is 71.7 Å². The molecule has 4 N–H and O–H groups in total. The predicted octanol–water partition coefficient (Wildman–Crippen LogP) is 4.55. The summed E-state index contributed by atoms with van der Waals surface area (Å²) in [5, 5.41) is 17.6. The Bertz CT molecular complexity index is 1290. The van der Waals surface area contributed by atoms with Crippen molar-refractivity contribution in [3.63, 3.8) is 0 Å². The van der Waals surface area contributed by atoms with Crippen molar-refractivity contribution in [1.82, 2.24) is 15.6 Å². The molecule has 4 fully saturated rings. The summed E-state index contributed by atoms with van der Waals surface area (Å²) in [6.45, 7) is 0. The molecule has 4 saturated carbocycles. The minimum Gasteiger partial charge on any atom is -0.480 e. The third-order valence-electron chi connectivity index (χ3n) is 9.13. The summed E-state index contributed by atoms with van der Waals surface area (Å²) in [4.78, 5) is 28.7. The maximum absolute atomic E-state index is 13.3. The van der Waals surface area contributed by atoms with Crippen molar-refractivity contribution in [2.75, 3.05) is 0 Å². The van der Waals surface area contributed by atoms with Crippen molar-refractivity contribution in [2.24, 2.45) is 17.8 Å². The van der Waals surface area contributed by atoms with E-state index >= 15 is 0 Å². The molecule has 1 aliphatic heterocycles. The van der Waals surface area contributed by atoms with Gasteiger partial charge in [-0.05, 0) is 85.6 Å². The van der Waals surface area contributed by atoms with E-state index in [1.807, 2.05) is 48.5 Å². The van der Waals surface area contributed by atoms with Gasteiger partial charge in [0.2, 0.25) is 0 Å². The number of hydrogen-bond donors (Lipinski definition) is 4. The monoisotopic (exact) mass is 469 g/mol. The summed E-state index contributed by atoms with van der Waals surface area (Å²) in [7, 11) is 0. The SMILES string of the molecule is O=C(NC12CC3CC(CC(C3)C1)C2)c1ccc([C@H]2N[C@@H](C(=O)O)Cc3c2[nH]c2ccccc32)cc1. The summed E-state index contributed by atoms with van der Waals surface area (Å²) in [6, 6.07) is 14.8. The molecule has 2 heterocycles. The number of carbonyl (C=O) groups is 2. The molecule has 1 aromatic heterocycles. The van der Waals surface area contributed by atoms with Crippen LogP contribution in [0.4, 0.5) is 0 Å². The van der Waals surface area contributed by atoms with Crippen LogP contribution in [0.3, 0.4) is 0 Å². The zero-order valence-electron chi connectivity index (χ0n) is 19.7. The molecule has 6 heteroatoms. The van der Waals surface area contributed by atoms with Crippen molar-refractivity contribution in [1.29, 1.82) is 0 Å². The Balaban J connectivity index is 1.16. The van der Waals surface area contributed by atoms with Crippen molar-refractivity contribution in [3.05, 3.63) is 70.9 Å². The van der Waals surface area contributed by atoms with Gasteiger partial charge in [0, 0.05) is 34.1 Å². The number of benzene rings is 2. The summed E-state index contributed by atoms with van der Waals surface area (Å²) >= 11 is 0. The zero-order valence-corrected chi connectivity index (χ0v) is 19.7. The average Bonchev–Trinajstić information content (AvgIpc) is 3.21. The van der Waals surface area contributed by atoms with Crippen molar-refractivity contribution in [2.45, 2.75) is 62.6 Å². The first-order valence-corrected chi connectivity index (χ1v) is 13.0. The molecule has 0 saturated heterocycles. The number of carboxylic acids is 1. The van der Waals surface area contributed by atoms with Crippen molar-refractivity contribution in [3.8, 4) is 0 Å². The fourth-order valence-corrected chi connectivity index (χ4v) is 8.06. The second-order valence-electron chi connectivity index (χ2n) is 11.5. The van der Waals surface area contributed by atoms with E-state index in [0.29, 0.717) is 12.0 Å². The summed E-state index contributed by atoms with van der Waals surface area (Å²) < 4.78 is 0. The average molecular weight is 470 g/mol. The van der Waals surface area contributed by atoms with Gasteiger partial charge >= 0.3 is 5.97 Å². The lowest BCUT2D eigenvalue weighted by Gasteiger charge is -2.56. The molecule has 0 unspecified atom stereocenters. The van der Waals surface area contributed by atoms with E-state index in [2.05, 4.69) is 15.6 Å². The van der Waals surface area contributed by atoms with Gasteiger partial charge in [-0.25, -0.2) is 0 Å². The lowest BCUT2D eigenvalue weighted by atomic mass is 9.53. The van der Waals surface area contributed by atoms with Gasteiger partial charge < -0.3 is 15.4 Å². The maximum Gasteiger partial charge on any atom is 0.321 e. The van der Waals surface area contributed by atoms with E-state index in [1.54, 1.807) is 0 Å². The third-order valence-corrected chi connectivity index (χ3v) is 9.13. The second-order valence-corrected chi connectivity index (χ2v) is 11.5. The number of nitrogens with one attached hydrogen (secondary N) is 3. The number of para-hydroxylation sites is 1. The molecule has 5 aliphatic rings. The quantitative estimate of drug-likeness (QED) is 0.451. The Hall–Kier alpha value is -3.12. The zero-order chi connectivity index (χ0) is 23.7. The van der Waals surface area contributed by atoms with Crippen LogP contribution in [0, 0.1) is 17.8 Å². The van der Waals surface area contributed by atoms with Crippen LogP contribution in [0.2, 0.25) is 0 Å². The van der Waals surface area contributed by atoms with E-state index in [9.17, 15) is 14.7 Å². The molecule has 4 bridgehead atoms. The fourth-order valence-electron chi connectivity index (χ4n) is 8.06. The van der Waals surface area contributed by atoms with E-state index in [-0.39, 0.29) is 17.5 Å². The Labute approximate surface area is 204 Å². The lowest BCUT2D eigenvalue weighted by Crippen LogP contribution is -2.59. The number of aromatic amines is 1. The number of hydrogen-bond acceptors (Lipinski definition) is 3. The van der Waals surface area contributed by atoms with E-state index in [0.717, 1.165) is 64.7 Å². The van der Waals surface area contributed by atoms with Gasteiger partial charge in [0.25, 0.3) is 5.91 Å². The number of carbonyl (C=O) groups excluding carboxylic acids is 1. The molecule has 4 aliphatic carbocycles. The maximum atomic E-state index is 13.3. The molecule has 180 valence electrons. The van der Waals surface area contributed by atoms with Gasteiger partial charge in [-0.15, -0.1) is 0 Å². The van der Waals surface area contributed by atoms with Crippen LogP contribution in [-0.2, 0) is 11.2 Å². The molecule has 3 aromatic rings. The molecule has 35 heavy (non-hydrogen) atoms. The van der Waals surface area contributed by atoms with Crippen LogP contribution in [0.25, 0.3) is 10.9 Å². The minimum absolute atomic E-state index is 0.0105. The predicted molar refractivity (Wildman–Crippen MR) is 133 cm³/mol. The topological polar surface area (TPSA) is 94.2 Å². The van der Waals surface area contributed by atoms with E-state index in [1.165, 1.54) is 19.3 Å². The number of amides is 1. The Kier molecular flexibility index (Phi) is 4.65. The summed E-state index contributed by atoms with van der Waals surface area (Å²) in [6.07, 6.45) is 7.90. The van der Waals surface area contributed by atoms with Crippen LogP contribution in [0.15, 0.2) is 48.5 Å². The molecular formula is C29H31N3O3. The standard InChI is InChI=1S/C29H31N3O3/c33-27(32-29-13-16-9-17(14-29)11-18(10-16)15-29)20-7-5-19(6-8-20)25-26-22(12-24(31-25)28(34)35)21-3-1-2-4-23(21)30-26/h1-8,16-18,24-25,30-31H,9-15H2,(H,32,33)(H,34,35)/t16?,17?,18?,24-,25-,29?/m1/s1. The van der Waals surface area contributed by atoms with E-state index < -0.39 is 12.0 Å². The fraction of sp³-hybridized carbons (Fsp3) is 0.448. The number of carboxylic acid groups (broad SMARTS) is 1. The first-order chi connectivity index (χ1) is 17.0. The molecule has 2 atom stereocenters. The van der Waals surface area contributed by atoms with Crippen LogP contribution in [0.5, 0.6) is 0 Å². The van der Waals surface area contributed by atoms with Gasteiger partial charge in [0.1, 0.15) is 6.04 Å². The number of fused-ring (bicyclic) bond motifs is 3. The first-order valence-electron chi connectivity index (χ1n) is 13.0. The number of aliphatic carboxylic acids is 1. The van der Waals surface area contributed by atoms with E-state index in [4.69, 9.17) is 0 Å². The summed E-state index contributed by atoms with van der Waals surface area (Å²) in [5.74, 6) is 1.53. The highest BCUT2D eigenvalue weighted by Crippen LogP contribution is 2.55. The summed E-state index contributed by atoms with van der Waals surface area (Å²) in [5.41, 5.74) is 4.70. The van der Waals surface area contributed by atoms with Gasteiger partial charge in [0.15, 0.2) is 0 Å². The molecule has 6 nitrogen and oxygen atoms in total. The largest absolute Gasteiger partial charge is 0.480 e. The highest BCUT2D eigenvalue weighted by molar-refractivity contribution is 5.95. The number of H-pyrrole nitrogens is 1. The normalized spacial score (nSPS) is 33.0. The highest BCUT2D eigenvalue weighted by atomic mass is 16.4. The van der Waals surface area contributed by atoms with Gasteiger partial charge in [0.05, 0.1) is 6.04 Å². The lowest BCUT2D eigenvalue weighted by molar-refractivity contribution is -0.139. The minimum atomic E-state index is -0.850. The van der Waals surface area contributed by atoms with Gasteiger partial charge in [-0.3, -0.25) is 14.9 Å². The third kappa shape index (κ3) is 3.49. The molecule has 8 rings (SSSR count). The van der Waals surface area contributed by atoms with Crippen molar-refractivity contribution >= 4 is 22.8 Å². The molecule has 0 spiro atoms. The van der Waals surface area contributed by atoms with Crippen LogP contribution >= 0.6 is 0 Å². The molecule has 2 aromatic carbocycles. The van der Waals surface area contributed by atoms with Gasteiger partial charge in [-0.2, -0.15) is 0 Å². The van der Waals surface area contributed by atoms with Crippen LogP contribution in [-0.4, -0.2) is 33.5 Å².